The Morgan fingerprint density at radius 1 is 0.338 bits per heavy atom. The molecule has 6 aromatic heterocycles. The monoisotopic (exact) mass is 913 g/mol. The Balaban J connectivity index is 1.19. The standard InChI is InChI=1S/C56H72N12/c1-53(2,44-66(32-47-20-8-14-26-60-47)33-48-21-9-15-27-61-48)38-57-41-56(7,42-58-39-54(3,4)45-67(34-49-22-10-16-28-62-49)35-50-23-11-17-29-63-50)43-59-40-55(5,6)46-68(36-51-24-12-18-30-64-51)37-52-25-13-19-31-65-52/h8-31,38-40H,32-37,41-46H2,1-7H3. The molecule has 0 aliphatic rings. The van der Waals surface area contributed by atoms with E-state index in [1.807, 2.05) is 110 Å². The topological polar surface area (TPSA) is 124 Å². The van der Waals surface area contributed by atoms with Crippen LogP contribution in [0.1, 0.15) is 82.6 Å². The Hall–Kier alpha value is -6.21. The maximum absolute atomic E-state index is 5.22. The van der Waals surface area contributed by atoms with Gasteiger partial charge in [-0.25, -0.2) is 0 Å². The molecule has 0 aromatic carbocycles. The summed E-state index contributed by atoms with van der Waals surface area (Å²) < 4.78 is 0. The fraction of sp³-hybridized carbons (Fsp3) is 0.411. The van der Waals surface area contributed by atoms with Gasteiger partial charge in [0.05, 0.1) is 34.2 Å². The molecular formula is C56H72N12. The minimum absolute atomic E-state index is 0.240. The lowest BCUT2D eigenvalue weighted by Crippen LogP contribution is -2.36. The summed E-state index contributed by atoms with van der Waals surface area (Å²) >= 11 is 0. The van der Waals surface area contributed by atoms with Crippen molar-refractivity contribution in [2.24, 2.45) is 36.6 Å². The second kappa shape index (κ2) is 25.2. The first kappa shape index (κ1) is 51.2. The minimum atomic E-state index is -0.351. The van der Waals surface area contributed by atoms with Crippen LogP contribution in [0.5, 0.6) is 0 Å². The second-order valence-electron chi connectivity index (χ2n) is 20.5. The molecule has 0 saturated carbocycles. The molecular weight excluding hydrogens is 841 g/mol. The molecule has 6 heterocycles. The highest BCUT2D eigenvalue weighted by atomic mass is 15.2. The Labute approximate surface area is 405 Å². The maximum Gasteiger partial charge on any atom is 0.0544 e. The van der Waals surface area contributed by atoms with Crippen LogP contribution in [-0.2, 0) is 39.3 Å². The van der Waals surface area contributed by atoms with Crippen LogP contribution in [-0.4, -0.2) is 103 Å². The average Bonchev–Trinajstić information content (AvgIpc) is 3.30. The van der Waals surface area contributed by atoms with Crippen molar-refractivity contribution in [2.75, 3.05) is 39.3 Å². The lowest BCUT2D eigenvalue weighted by molar-refractivity contribution is 0.201. The zero-order chi connectivity index (χ0) is 48.1. The van der Waals surface area contributed by atoms with E-state index in [9.17, 15) is 0 Å². The molecule has 6 rings (SSSR count). The smallest absolute Gasteiger partial charge is 0.0544 e. The van der Waals surface area contributed by atoms with E-state index in [-0.39, 0.29) is 21.7 Å². The van der Waals surface area contributed by atoms with Crippen LogP contribution in [0, 0.1) is 21.7 Å². The first-order valence-corrected chi connectivity index (χ1v) is 23.8. The molecule has 0 unspecified atom stereocenters. The number of aliphatic imine (C=N–C) groups is 3. The van der Waals surface area contributed by atoms with E-state index in [0.29, 0.717) is 58.9 Å². The molecule has 0 spiro atoms. The lowest BCUT2D eigenvalue weighted by atomic mass is 9.89. The van der Waals surface area contributed by atoms with Crippen molar-refractivity contribution >= 4 is 18.6 Å². The number of hydrogen-bond donors (Lipinski definition) is 0. The highest BCUT2D eigenvalue weighted by Crippen LogP contribution is 2.25. The predicted molar refractivity (Wildman–Crippen MR) is 277 cm³/mol. The first-order chi connectivity index (χ1) is 32.7. The molecule has 12 nitrogen and oxygen atoms in total. The lowest BCUT2D eigenvalue weighted by Gasteiger charge is -2.32. The molecule has 0 aliphatic heterocycles. The molecule has 356 valence electrons. The molecule has 0 saturated heterocycles. The average molecular weight is 913 g/mol. The largest absolute Gasteiger partial charge is 0.296 e. The van der Waals surface area contributed by atoms with Crippen molar-refractivity contribution in [2.45, 2.75) is 87.7 Å². The van der Waals surface area contributed by atoms with Gasteiger partial charge in [-0.2, -0.15) is 0 Å². The van der Waals surface area contributed by atoms with Crippen molar-refractivity contribution in [3.63, 3.8) is 0 Å². The van der Waals surface area contributed by atoms with Gasteiger partial charge in [0.25, 0.3) is 0 Å². The van der Waals surface area contributed by atoms with Crippen molar-refractivity contribution < 1.29 is 0 Å². The summed E-state index contributed by atoms with van der Waals surface area (Å²) in [5.41, 5.74) is 5.09. The van der Waals surface area contributed by atoms with Crippen molar-refractivity contribution in [1.82, 2.24) is 44.6 Å². The fourth-order valence-corrected chi connectivity index (χ4v) is 8.37. The summed E-state index contributed by atoms with van der Waals surface area (Å²) in [6.07, 6.45) is 17.5. The van der Waals surface area contributed by atoms with Gasteiger partial charge in [0, 0.05) is 156 Å². The van der Waals surface area contributed by atoms with Crippen LogP contribution < -0.4 is 0 Å². The molecule has 0 amide bonds. The van der Waals surface area contributed by atoms with Crippen LogP contribution >= 0.6 is 0 Å². The Bertz CT molecular complexity index is 2020. The van der Waals surface area contributed by atoms with Crippen molar-refractivity contribution in [3.8, 4) is 0 Å². The zero-order valence-corrected chi connectivity index (χ0v) is 41.4. The summed E-state index contributed by atoms with van der Waals surface area (Å²) in [6, 6.07) is 36.5. The minimum Gasteiger partial charge on any atom is -0.296 e. The molecule has 0 fully saturated rings. The Morgan fingerprint density at radius 2 is 0.544 bits per heavy atom. The molecule has 0 aliphatic carbocycles. The Kier molecular flexibility index (Phi) is 19.0. The van der Waals surface area contributed by atoms with E-state index < -0.39 is 0 Å². The van der Waals surface area contributed by atoms with Gasteiger partial charge in [-0.05, 0) is 72.8 Å². The van der Waals surface area contributed by atoms with E-state index in [2.05, 4.69) is 148 Å². The second-order valence-corrected chi connectivity index (χ2v) is 20.5. The number of hydrogen-bond acceptors (Lipinski definition) is 12. The van der Waals surface area contributed by atoms with Gasteiger partial charge in [0.1, 0.15) is 0 Å². The number of rotatable bonds is 27. The number of pyridine rings is 6. The molecule has 0 atom stereocenters. The fourth-order valence-electron chi connectivity index (χ4n) is 8.37. The number of aromatic nitrogens is 6. The van der Waals surface area contributed by atoms with Gasteiger partial charge < -0.3 is 0 Å². The van der Waals surface area contributed by atoms with Crippen LogP contribution in [0.15, 0.2) is 161 Å². The van der Waals surface area contributed by atoms with Crippen LogP contribution in [0.25, 0.3) is 0 Å². The van der Waals surface area contributed by atoms with Crippen molar-refractivity contribution in [1.29, 1.82) is 0 Å². The highest BCUT2D eigenvalue weighted by molar-refractivity contribution is 5.66. The summed E-state index contributed by atoms with van der Waals surface area (Å²) in [5.74, 6) is 0. The number of nitrogens with zero attached hydrogens (tertiary/aromatic N) is 12. The van der Waals surface area contributed by atoms with E-state index >= 15 is 0 Å². The van der Waals surface area contributed by atoms with Gasteiger partial charge >= 0.3 is 0 Å². The van der Waals surface area contributed by atoms with Crippen LogP contribution in [0.3, 0.4) is 0 Å². The third-order valence-electron chi connectivity index (χ3n) is 11.3. The van der Waals surface area contributed by atoms with Crippen LogP contribution in [0.4, 0.5) is 0 Å². The van der Waals surface area contributed by atoms with Crippen molar-refractivity contribution in [3.05, 3.63) is 181 Å². The van der Waals surface area contributed by atoms with Gasteiger partial charge in [0.2, 0.25) is 0 Å². The molecule has 68 heavy (non-hydrogen) atoms. The van der Waals surface area contributed by atoms with E-state index in [4.69, 9.17) is 15.0 Å². The van der Waals surface area contributed by atoms with Gasteiger partial charge in [0.15, 0.2) is 0 Å². The summed E-state index contributed by atoms with van der Waals surface area (Å²) in [4.78, 5) is 50.7. The quantitative estimate of drug-likeness (QED) is 0.0465. The van der Waals surface area contributed by atoms with Gasteiger partial charge in [-0.15, -0.1) is 0 Å². The van der Waals surface area contributed by atoms with Gasteiger partial charge in [-0.3, -0.25) is 59.6 Å². The molecule has 0 radical (unpaired) electrons. The summed E-state index contributed by atoms with van der Waals surface area (Å²) in [7, 11) is 0. The highest BCUT2D eigenvalue weighted by Gasteiger charge is 2.28. The van der Waals surface area contributed by atoms with Crippen LogP contribution in [0.2, 0.25) is 0 Å². The predicted octanol–water partition coefficient (Wildman–Crippen LogP) is 9.76. The zero-order valence-electron chi connectivity index (χ0n) is 41.4. The first-order valence-electron chi connectivity index (χ1n) is 23.8. The van der Waals surface area contributed by atoms with E-state index in [1.165, 1.54) is 0 Å². The van der Waals surface area contributed by atoms with E-state index in [1.54, 1.807) is 0 Å². The molecule has 12 heteroatoms. The summed E-state index contributed by atoms with van der Waals surface area (Å²) in [5, 5.41) is 0. The van der Waals surface area contributed by atoms with E-state index in [0.717, 1.165) is 53.8 Å². The SMILES string of the molecule is CC(C)(C=NCC(C)(CN=CC(C)(C)CN(Cc1ccccn1)Cc1ccccn1)CN=CC(C)(C)CN(Cc1ccccn1)Cc1ccccn1)CN(Cc1ccccn1)Cc1ccccn1. The molecule has 0 bridgehead atoms. The maximum atomic E-state index is 5.22. The third-order valence-corrected chi connectivity index (χ3v) is 11.3. The molecule has 0 N–H and O–H groups in total. The molecule has 6 aromatic rings. The van der Waals surface area contributed by atoms with Gasteiger partial charge in [-0.1, -0.05) is 84.9 Å². The normalized spacial score (nSPS) is 13.7. The third kappa shape index (κ3) is 18.8. The summed E-state index contributed by atoms with van der Waals surface area (Å²) in [6.45, 7) is 24.1. The Morgan fingerprint density at radius 3 is 0.721 bits per heavy atom.